The number of nitrogens with one attached hydrogen (secondary N) is 1. The molecule has 0 unspecified atom stereocenters. The number of anilines is 1. The van der Waals surface area contributed by atoms with Gasteiger partial charge in [0.2, 0.25) is 0 Å². The number of hydrogen-bond acceptors (Lipinski definition) is 4. The molecular weight excluding hydrogens is 378 g/mol. The van der Waals surface area contributed by atoms with Gasteiger partial charge in [-0.1, -0.05) is 41.9 Å². The minimum Gasteiger partial charge on any atom is -0.496 e. The van der Waals surface area contributed by atoms with Crippen molar-refractivity contribution in [1.29, 1.82) is 0 Å². The lowest BCUT2D eigenvalue weighted by atomic mass is 10.1. The van der Waals surface area contributed by atoms with Gasteiger partial charge >= 0.3 is 5.97 Å². The van der Waals surface area contributed by atoms with E-state index in [4.69, 9.17) is 21.1 Å². The Morgan fingerprint density at radius 2 is 1.71 bits per heavy atom. The molecule has 0 radical (unpaired) electrons. The van der Waals surface area contributed by atoms with Crippen molar-refractivity contribution in [2.75, 3.05) is 19.0 Å². The Bertz CT molecular complexity index is 1040. The van der Waals surface area contributed by atoms with Gasteiger partial charge in [0.1, 0.15) is 11.3 Å². The zero-order chi connectivity index (χ0) is 20.3. The molecule has 0 atom stereocenters. The number of fused-ring (bicyclic) bond motifs is 1. The molecule has 0 aliphatic rings. The number of halogens is 1. The summed E-state index contributed by atoms with van der Waals surface area (Å²) < 4.78 is 10.5. The second-order valence-electron chi connectivity index (χ2n) is 6.46. The summed E-state index contributed by atoms with van der Waals surface area (Å²) in [7, 11) is 1.48. The molecule has 1 N–H and O–H groups in total. The molecule has 3 aromatic carbocycles. The third-order valence-electron chi connectivity index (χ3n) is 4.32. The lowest BCUT2D eigenvalue weighted by Gasteiger charge is -2.13. The van der Waals surface area contributed by atoms with Crippen molar-refractivity contribution in [2.24, 2.45) is 0 Å². The Labute approximate surface area is 168 Å². The van der Waals surface area contributed by atoms with E-state index in [9.17, 15) is 9.59 Å². The minimum absolute atomic E-state index is 0.263. The first-order valence-electron chi connectivity index (χ1n) is 8.69. The molecule has 1 amide bonds. The normalized spacial score (nSPS) is 10.6. The van der Waals surface area contributed by atoms with E-state index >= 15 is 0 Å². The Kier molecular flexibility index (Phi) is 5.85. The molecule has 6 heteroatoms. The Morgan fingerprint density at radius 1 is 1.04 bits per heavy atom. The Morgan fingerprint density at radius 3 is 2.36 bits per heavy atom. The third kappa shape index (κ3) is 4.26. The Hall–Kier alpha value is -3.05. The van der Waals surface area contributed by atoms with Crippen LogP contribution < -0.4 is 10.1 Å². The van der Waals surface area contributed by atoms with Crippen molar-refractivity contribution in [3.05, 3.63) is 70.2 Å². The zero-order valence-electron chi connectivity index (χ0n) is 15.8. The predicted molar refractivity (Wildman–Crippen MR) is 110 cm³/mol. The number of methoxy groups -OCH3 is 1. The number of hydrogen-bond donors (Lipinski definition) is 1. The molecule has 144 valence electrons. The predicted octanol–water partition coefficient (Wildman–Crippen LogP) is 4.91. The molecule has 3 aromatic rings. The summed E-state index contributed by atoms with van der Waals surface area (Å²) in [5, 5.41) is 4.95. The fourth-order valence-electron chi connectivity index (χ4n) is 3.01. The average molecular weight is 398 g/mol. The molecule has 28 heavy (non-hydrogen) atoms. The van der Waals surface area contributed by atoms with Crippen molar-refractivity contribution in [1.82, 2.24) is 0 Å². The molecule has 0 saturated carbocycles. The molecule has 0 bridgehead atoms. The fourth-order valence-corrected chi connectivity index (χ4v) is 3.37. The van der Waals surface area contributed by atoms with Crippen molar-refractivity contribution in [2.45, 2.75) is 13.8 Å². The van der Waals surface area contributed by atoms with Gasteiger partial charge in [0, 0.05) is 0 Å². The summed E-state index contributed by atoms with van der Waals surface area (Å²) in [6, 6.07) is 14.7. The topological polar surface area (TPSA) is 64.6 Å². The summed E-state index contributed by atoms with van der Waals surface area (Å²) in [5.41, 5.74) is 2.60. The number of carbonyl (C=O) groups excluding carboxylic acids is 2. The van der Waals surface area contributed by atoms with Crippen molar-refractivity contribution >= 4 is 39.9 Å². The molecule has 0 saturated heterocycles. The van der Waals surface area contributed by atoms with Crippen LogP contribution in [0.25, 0.3) is 10.8 Å². The molecule has 0 heterocycles. The van der Waals surface area contributed by atoms with E-state index in [1.54, 1.807) is 18.2 Å². The fraction of sp³-hybridized carbons (Fsp3) is 0.182. The maximum Gasteiger partial charge on any atom is 0.342 e. The monoisotopic (exact) mass is 397 g/mol. The number of ether oxygens (including phenoxy) is 2. The first-order chi connectivity index (χ1) is 13.4. The second kappa shape index (κ2) is 8.31. The van der Waals surface area contributed by atoms with Crippen LogP contribution in [0.1, 0.15) is 21.5 Å². The number of aryl methyl sites for hydroxylation is 2. The van der Waals surface area contributed by atoms with Gasteiger partial charge < -0.3 is 14.8 Å². The van der Waals surface area contributed by atoms with E-state index in [2.05, 4.69) is 5.32 Å². The summed E-state index contributed by atoms with van der Waals surface area (Å²) in [4.78, 5) is 24.7. The first-order valence-corrected chi connectivity index (χ1v) is 9.07. The van der Waals surface area contributed by atoms with Gasteiger partial charge in [-0.25, -0.2) is 4.79 Å². The van der Waals surface area contributed by atoms with Gasteiger partial charge in [0.25, 0.3) is 5.91 Å². The van der Waals surface area contributed by atoms with Crippen molar-refractivity contribution in [3.63, 3.8) is 0 Å². The zero-order valence-corrected chi connectivity index (χ0v) is 16.6. The van der Waals surface area contributed by atoms with Crippen LogP contribution in [-0.4, -0.2) is 25.6 Å². The highest BCUT2D eigenvalue weighted by atomic mass is 35.5. The molecule has 5 nitrogen and oxygen atoms in total. The van der Waals surface area contributed by atoms with Crippen LogP contribution in [0.2, 0.25) is 5.02 Å². The number of rotatable bonds is 5. The molecular formula is C22H20ClNO4. The average Bonchev–Trinajstić information content (AvgIpc) is 2.67. The maximum absolute atomic E-state index is 12.5. The molecule has 0 fully saturated rings. The summed E-state index contributed by atoms with van der Waals surface area (Å²) in [5.74, 6) is -0.715. The number of esters is 1. The van der Waals surface area contributed by atoms with Gasteiger partial charge in [-0.2, -0.15) is 0 Å². The van der Waals surface area contributed by atoms with Gasteiger partial charge in [-0.3, -0.25) is 4.79 Å². The van der Waals surface area contributed by atoms with Gasteiger partial charge in [-0.05, 0) is 53.9 Å². The highest BCUT2D eigenvalue weighted by Crippen LogP contribution is 2.28. The summed E-state index contributed by atoms with van der Waals surface area (Å²) >= 11 is 6.19. The van der Waals surface area contributed by atoms with Crippen molar-refractivity contribution < 1.29 is 19.1 Å². The largest absolute Gasteiger partial charge is 0.496 e. The lowest BCUT2D eigenvalue weighted by Crippen LogP contribution is -2.21. The smallest absolute Gasteiger partial charge is 0.342 e. The quantitative estimate of drug-likeness (QED) is 0.621. The van der Waals surface area contributed by atoms with E-state index in [0.29, 0.717) is 16.5 Å². The molecule has 0 aliphatic heterocycles. The minimum atomic E-state index is -0.635. The maximum atomic E-state index is 12.5. The highest BCUT2D eigenvalue weighted by Gasteiger charge is 2.17. The van der Waals surface area contributed by atoms with E-state index in [1.807, 2.05) is 44.2 Å². The van der Waals surface area contributed by atoms with Crippen LogP contribution in [-0.2, 0) is 9.53 Å². The number of carbonyl (C=O) groups is 2. The molecule has 3 rings (SSSR count). The number of benzene rings is 3. The highest BCUT2D eigenvalue weighted by molar-refractivity contribution is 6.34. The van der Waals surface area contributed by atoms with Crippen LogP contribution in [0.4, 0.5) is 5.69 Å². The number of amides is 1. The third-order valence-corrected chi connectivity index (χ3v) is 4.62. The SMILES string of the molecule is COc1cc2ccccc2cc1C(=O)OCC(=O)Nc1c(C)cc(C)cc1Cl. The van der Waals surface area contributed by atoms with E-state index in [0.717, 1.165) is 21.9 Å². The summed E-state index contributed by atoms with van der Waals surface area (Å²) in [6.45, 7) is 3.34. The molecule has 0 spiro atoms. The van der Waals surface area contributed by atoms with Crippen LogP contribution in [0, 0.1) is 13.8 Å². The Balaban J connectivity index is 1.72. The van der Waals surface area contributed by atoms with Crippen molar-refractivity contribution in [3.8, 4) is 5.75 Å². The standard InChI is InChI=1S/C22H20ClNO4/c1-13-8-14(2)21(18(23)9-13)24-20(25)12-28-22(26)17-10-15-6-4-5-7-16(15)11-19(17)27-3/h4-11H,12H2,1-3H3,(H,24,25). The van der Waals surface area contributed by atoms with Gasteiger partial charge in [0.15, 0.2) is 6.61 Å². The van der Waals surface area contributed by atoms with E-state index in [-0.39, 0.29) is 5.56 Å². The van der Waals surface area contributed by atoms with Crippen LogP contribution in [0.3, 0.4) is 0 Å². The van der Waals surface area contributed by atoms with Crippen LogP contribution >= 0.6 is 11.6 Å². The lowest BCUT2D eigenvalue weighted by molar-refractivity contribution is -0.119. The summed E-state index contributed by atoms with van der Waals surface area (Å²) in [6.07, 6.45) is 0. The van der Waals surface area contributed by atoms with E-state index < -0.39 is 18.5 Å². The van der Waals surface area contributed by atoms with Crippen LogP contribution in [0.5, 0.6) is 5.75 Å². The van der Waals surface area contributed by atoms with Crippen LogP contribution in [0.15, 0.2) is 48.5 Å². The first kappa shape index (κ1) is 19.7. The van der Waals surface area contributed by atoms with E-state index in [1.165, 1.54) is 7.11 Å². The molecule has 0 aliphatic carbocycles. The second-order valence-corrected chi connectivity index (χ2v) is 6.87. The van der Waals surface area contributed by atoms with Gasteiger partial charge in [0.05, 0.1) is 17.8 Å². The molecule has 0 aromatic heterocycles. The van der Waals surface area contributed by atoms with Gasteiger partial charge in [-0.15, -0.1) is 0 Å².